The van der Waals surface area contributed by atoms with E-state index in [1.54, 1.807) is 0 Å². The zero-order chi connectivity index (χ0) is 20.3. The van der Waals surface area contributed by atoms with Gasteiger partial charge in [0, 0.05) is 39.2 Å². The van der Waals surface area contributed by atoms with Gasteiger partial charge >= 0.3 is 0 Å². The fourth-order valence-corrected chi connectivity index (χ4v) is 3.74. The summed E-state index contributed by atoms with van der Waals surface area (Å²) in [5, 5.41) is 3.53. The van der Waals surface area contributed by atoms with E-state index >= 15 is 0 Å². The van der Waals surface area contributed by atoms with Gasteiger partial charge in [-0.3, -0.25) is 4.99 Å². The second-order valence-corrected chi connectivity index (χ2v) is 7.31. The van der Waals surface area contributed by atoms with Gasteiger partial charge in [-0.05, 0) is 30.0 Å². The van der Waals surface area contributed by atoms with E-state index in [0.717, 1.165) is 32.2 Å². The monoisotopic (exact) mass is 523 g/mol. The van der Waals surface area contributed by atoms with Crippen molar-refractivity contribution in [2.24, 2.45) is 4.99 Å². The second-order valence-electron chi connectivity index (χ2n) is 7.31. The molecule has 1 heterocycles. The Morgan fingerprint density at radius 3 is 2.60 bits per heavy atom. The van der Waals surface area contributed by atoms with Crippen LogP contribution >= 0.6 is 24.0 Å². The highest BCUT2D eigenvalue weighted by Crippen LogP contribution is 2.26. The minimum absolute atomic E-state index is 0. The van der Waals surface area contributed by atoms with Crippen LogP contribution in [-0.4, -0.2) is 50.8 Å². The molecule has 1 aliphatic heterocycles. The number of halogens is 1. The molecule has 1 aliphatic rings. The molecule has 1 N–H and O–H groups in total. The fraction of sp³-hybridized carbons (Fsp3) is 0.458. The molecule has 0 amide bonds. The average molecular weight is 523 g/mol. The van der Waals surface area contributed by atoms with Crippen LogP contribution in [0.4, 0.5) is 0 Å². The van der Waals surface area contributed by atoms with E-state index in [-0.39, 0.29) is 24.0 Å². The Hall–Kier alpha value is -1.64. The molecular formula is C24H34IN3O2. The number of nitrogens with zero attached hydrogens (tertiary/aromatic N) is 2. The number of aliphatic imine (C=N–C) groups is 1. The lowest BCUT2D eigenvalue weighted by molar-refractivity contribution is 0.0453. The predicted molar refractivity (Wildman–Crippen MR) is 134 cm³/mol. The summed E-state index contributed by atoms with van der Waals surface area (Å²) in [7, 11) is 1.86. The third-order valence-electron chi connectivity index (χ3n) is 5.26. The quantitative estimate of drug-likeness (QED) is 0.229. The molecule has 0 spiro atoms. The summed E-state index contributed by atoms with van der Waals surface area (Å²) in [5.41, 5.74) is 3.83. The van der Waals surface area contributed by atoms with E-state index < -0.39 is 0 Å². The van der Waals surface area contributed by atoms with Crippen LogP contribution in [0.5, 0.6) is 0 Å². The maximum atomic E-state index is 5.68. The third kappa shape index (κ3) is 7.56. The highest BCUT2D eigenvalue weighted by atomic mass is 127. The molecule has 164 valence electrons. The molecule has 2 aromatic carbocycles. The zero-order valence-corrected chi connectivity index (χ0v) is 20.4. The summed E-state index contributed by atoms with van der Waals surface area (Å²) in [6.45, 7) is 7.41. The van der Waals surface area contributed by atoms with Crippen LogP contribution in [0.25, 0.3) is 0 Å². The first kappa shape index (κ1) is 24.6. The van der Waals surface area contributed by atoms with E-state index in [2.05, 4.69) is 69.8 Å². The first-order valence-electron chi connectivity index (χ1n) is 10.5. The van der Waals surface area contributed by atoms with Gasteiger partial charge in [-0.1, -0.05) is 54.6 Å². The van der Waals surface area contributed by atoms with Crippen LogP contribution in [0.3, 0.4) is 0 Å². The number of benzene rings is 2. The molecule has 1 saturated heterocycles. The van der Waals surface area contributed by atoms with Crippen molar-refractivity contribution in [3.8, 4) is 0 Å². The Labute approximate surface area is 197 Å². The molecule has 5 nitrogen and oxygen atoms in total. The van der Waals surface area contributed by atoms with Crippen LogP contribution in [0.2, 0.25) is 0 Å². The van der Waals surface area contributed by atoms with E-state index in [9.17, 15) is 0 Å². The van der Waals surface area contributed by atoms with Crippen molar-refractivity contribution in [2.45, 2.75) is 32.4 Å². The molecule has 3 rings (SSSR count). The van der Waals surface area contributed by atoms with Gasteiger partial charge in [0.05, 0.1) is 19.8 Å². The molecule has 6 heteroatoms. The first-order chi connectivity index (χ1) is 14.3. The molecule has 0 aliphatic carbocycles. The van der Waals surface area contributed by atoms with Crippen molar-refractivity contribution in [2.75, 3.05) is 40.0 Å². The number of hydrogen-bond donors (Lipinski definition) is 1. The van der Waals surface area contributed by atoms with Crippen molar-refractivity contribution >= 4 is 29.9 Å². The largest absolute Gasteiger partial charge is 0.379 e. The van der Waals surface area contributed by atoms with Gasteiger partial charge in [0.15, 0.2) is 5.96 Å². The average Bonchev–Trinajstić information content (AvgIpc) is 3.25. The highest BCUT2D eigenvalue weighted by molar-refractivity contribution is 14.0. The Morgan fingerprint density at radius 2 is 1.83 bits per heavy atom. The SMILES string of the molecule is CCOCCOCc1cccc(CNC(=NC)N2CCC(c3ccccc3)C2)c1.I. The smallest absolute Gasteiger partial charge is 0.193 e. The highest BCUT2D eigenvalue weighted by Gasteiger charge is 2.25. The van der Waals surface area contributed by atoms with Crippen molar-refractivity contribution in [3.05, 3.63) is 71.3 Å². The maximum Gasteiger partial charge on any atom is 0.193 e. The zero-order valence-electron chi connectivity index (χ0n) is 18.0. The Morgan fingerprint density at radius 1 is 1.07 bits per heavy atom. The summed E-state index contributed by atoms with van der Waals surface area (Å²) >= 11 is 0. The van der Waals surface area contributed by atoms with Gasteiger partial charge in [-0.25, -0.2) is 0 Å². The topological polar surface area (TPSA) is 46.1 Å². The summed E-state index contributed by atoms with van der Waals surface area (Å²) in [6, 6.07) is 19.3. The van der Waals surface area contributed by atoms with Gasteiger partial charge in [0.25, 0.3) is 0 Å². The third-order valence-corrected chi connectivity index (χ3v) is 5.26. The molecule has 2 aromatic rings. The predicted octanol–water partition coefficient (Wildman–Crippen LogP) is 4.42. The lowest BCUT2D eigenvalue weighted by Gasteiger charge is -2.22. The van der Waals surface area contributed by atoms with Crippen molar-refractivity contribution < 1.29 is 9.47 Å². The van der Waals surface area contributed by atoms with Crippen LogP contribution in [-0.2, 0) is 22.6 Å². The minimum Gasteiger partial charge on any atom is -0.379 e. The molecule has 0 saturated carbocycles. The van der Waals surface area contributed by atoms with Crippen molar-refractivity contribution in [1.82, 2.24) is 10.2 Å². The number of likely N-dealkylation sites (tertiary alicyclic amines) is 1. The van der Waals surface area contributed by atoms with Gasteiger partial charge in [0.2, 0.25) is 0 Å². The summed E-state index contributed by atoms with van der Waals surface area (Å²) in [6.07, 6.45) is 1.17. The first-order valence-corrected chi connectivity index (χ1v) is 10.5. The van der Waals surface area contributed by atoms with E-state index in [0.29, 0.717) is 25.7 Å². The molecule has 1 atom stereocenters. The molecule has 1 fully saturated rings. The second kappa shape index (κ2) is 13.6. The maximum absolute atomic E-state index is 5.68. The summed E-state index contributed by atoms with van der Waals surface area (Å²) in [5.74, 6) is 1.55. The van der Waals surface area contributed by atoms with Crippen molar-refractivity contribution in [1.29, 1.82) is 0 Å². The lowest BCUT2D eigenvalue weighted by atomic mass is 9.99. The number of guanidine groups is 1. The van der Waals surface area contributed by atoms with Gasteiger partial charge < -0.3 is 19.7 Å². The van der Waals surface area contributed by atoms with Crippen LogP contribution in [0, 0.1) is 0 Å². The van der Waals surface area contributed by atoms with Gasteiger partial charge in [-0.15, -0.1) is 24.0 Å². The van der Waals surface area contributed by atoms with Crippen molar-refractivity contribution in [3.63, 3.8) is 0 Å². The van der Waals surface area contributed by atoms with E-state index in [1.807, 2.05) is 14.0 Å². The fourth-order valence-electron chi connectivity index (χ4n) is 3.74. The number of nitrogens with one attached hydrogen (secondary N) is 1. The number of ether oxygens (including phenoxy) is 2. The van der Waals surface area contributed by atoms with Gasteiger partial charge in [0.1, 0.15) is 0 Å². The summed E-state index contributed by atoms with van der Waals surface area (Å²) < 4.78 is 11.0. The Balaban J connectivity index is 0.00000320. The molecular weight excluding hydrogens is 489 g/mol. The lowest BCUT2D eigenvalue weighted by Crippen LogP contribution is -2.39. The standard InChI is InChI=1S/C24H33N3O2.HI/c1-3-28-14-15-29-19-21-9-7-8-20(16-21)17-26-24(25-2)27-13-12-23(18-27)22-10-5-4-6-11-22;/h4-11,16,23H,3,12-15,17-19H2,1-2H3,(H,25,26);1H. The molecule has 1 unspecified atom stereocenters. The van der Waals surface area contributed by atoms with E-state index in [1.165, 1.54) is 23.1 Å². The van der Waals surface area contributed by atoms with E-state index in [4.69, 9.17) is 9.47 Å². The minimum atomic E-state index is 0. The number of rotatable bonds is 9. The van der Waals surface area contributed by atoms with Gasteiger partial charge in [-0.2, -0.15) is 0 Å². The van der Waals surface area contributed by atoms with Crippen LogP contribution in [0.1, 0.15) is 36.0 Å². The molecule has 30 heavy (non-hydrogen) atoms. The van der Waals surface area contributed by atoms with Crippen LogP contribution < -0.4 is 5.32 Å². The Bertz CT molecular complexity index is 770. The summed E-state index contributed by atoms with van der Waals surface area (Å²) in [4.78, 5) is 6.87. The number of hydrogen-bond acceptors (Lipinski definition) is 3. The molecule has 0 radical (unpaired) electrons. The van der Waals surface area contributed by atoms with Crippen LogP contribution in [0.15, 0.2) is 59.6 Å². The molecule has 0 aromatic heterocycles. The normalized spacial score (nSPS) is 16.4. The molecule has 0 bridgehead atoms. The Kier molecular flexibility index (Phi) is 11.2.